The second-order valence-electron chi connectivity index (χ2n) is 8.78. The summed E-state index contributed by atoms with van der Waals surface area (Å²) < 4.78 is 7.58. The van der Waals surface area contributed by atoms with Gasteiger partial charge >= 0.3 is 0 Å². The van der Waals surface area contributed by atoms with E-state index >= 15 is 0 Å². The number of benzene rings is 2. The molecule has 0 aliphatic rings. The van der Waals surface area contributed by atoms with Crippen molar-refractivity contribution in [3.63, 3.8) is 0 Å². The third kappa shape index (κ3) is 5.73. The summed E-state index contributed by atoms with van der Waals surface area (Å²) in [6.07, 6.45) is 1.62. The molecule has 0 radical (unpaired) electrons. The number of carbonyl (C=O) groups is 1. The van der Waals surface area contributed by atoms with Gasteiger partial charge in [0.1, 0.15) is 0 Å². The van der Waals surface area contributed by atoms with E-state index in [-0.39, 0.29) is 17.2 Å². The normalized spacial score (nSPS) is 11.5. The van der Waals surface area contributed by atoms with E-state index in [1.165, 1.54) is 11.8 Å². The van der Waals surface area contributed by atoms with Crippen LogP contribution in [-0.4, -0.2) is 36.9 Å². The molecule has 170 valence electrons. The fourth-order valence-electron chi connectivity index (χ4n) is 3.56. The lowest BCUT2D eigenvalue weighted by Gasteiger charge is -2.36. The molecule has 0 aliphatic carbocycles. The van der Waals surface area contributed by atoms with Gasteiger partial charge in [0, 0.05) is 12.1 Å². The number of amides is 1. The molecule has 33 heavy (non-hydrogen) atoms. The van der Waals surface area contributed by atoms with E-state index in [1.807, 2.05) is 70.1 Å². The second kappa shape index (κ2) is 10.1. The van der Waals surface area contributed by atoms with Crippen LogP contribution in [0, 0.1) is 0 Å². The van der Waals surface area contributed by atoms with Gasteiger partial charge in [-0.15, -0.1) is 10.2 Å². The van der Waals surface area contributed by atoms with Crippen LogP contribution >= 0.6 is 11.8 Å². The van der Waals surface area contributed by atoms with Crippen LogP contribution in [0.5, 0.6) is 0 Å². The van der Waals surface area contributed by atoms with Crippen LogP contribution in [0.4, 0.5) is 0 Å². The first-order chi connectivity index (χ1) is 15.9. The molecule has 0 atom stereocenters. The van der Waals surface area contributed by atoms with Crippen LogP contribution in [0.3, 0.4) is 0 Å². The minimum absolute atomic E-state index is 0.0603. The number of rotatable bonds is 8. The fourth-order valence-corrected chi connectivity index (χ4v) is 4.38. The van der Waals surface area contributed by atoms with Gasteiger partial charge in [0.25, 0.3) is 0 Å². The topological polar surface area (TPSA) is 64.2 Å². The first-order valence-corrected chi connectivity index (χ1v) is 11.9. The standard InChI is InChI=1S/C26H28N4O2S/c1-26(2,3)30(18-21-13-8-5-9-14-21)23(31)19-33-25-28-27-24(22-15-10-16-32-22)29(25)17-20-11-6-4-7-12-20/h4-16H,17-19H2,1-3H3. The summed E-state index contributed by atoms with van der Waals surface area (Å²) in [6.45, 7) is 7.34. The van der Waals surface area contributed by atoms with E-state index in [2.05, 4.69) is 43.1 Å². The second-order valence-corrected chi connectivity index (χ2v) is 9.72. The Balaban J connectivity index is 1.55. The SMILES string of the molecule is CC(C)(C)N(Cc1ccccc1)C(=O)CSc1nnc(-c2ccco2)n1Cc1ccccc1. The highest BCUT2D eigenvalue weighted by molar-refractivity contribution is 7.99. The van der Waals surface area contributed by atoms with Crippen LogP contribution in [0.25, 0.3) is 11.6 Å². The maximum Gasteiger partial charge on any atom is 0.233 e. The largest absolute Gasteiger partial charge is 0.461 e. The molecule has 0 N–H and O–H groups in total. The average molecular weight is 461 g/mol. The molecule has 4 aromatic rings. The Bertz CT molecular complexity index is 1170. The molecule has 0 bridgehead atoms. The van der Waals surface area contributed by atoms with Gasteiger partial charge in [-0.1, -0.05) is 72.4 Å². The van der Waals surface area contributed by atoms with Gasteiger partial charge in [-0.25, -0.2) is 0 Å². The Morgan fingerprint density at radius 1 is 0.939 bits per heavy atom. The van der Waals surface area contributed by atoms with Gasteiger partial charge in [-0.2, -0.15) is 0 Å². The van der Waals surface area contributed by atoms with Crippen LogP contribution in [0.1, 0.15) is 31.9 Å². The van der Waals surface area contributed by atoms with Crippen LogP contribution < -0.4 is 0 Å². The Kier molecular flexibility index (Phi) is 6.99. The highest BCUT2D eigenvalue weighted by atomic mass is 32.2. The van der Waals surface area contributed by atoms with Gasteiger partial charge in [0.15, 0.2) is 10.9 Å². The predicted octanol–water partition coefficient (Wildman–Crippen LogP) is 5.51. The van der Waals surface area contributed by atoms with E-state index in [0.717, 1.165) is 11.1 Å². The Hall–Kier alpha value is -3.32. The quantitative estimate of drug-likeness (QED) is 0.325. The fraction of sp³-hybridized carbons (Fsp3) is 0.269. The van der Waals surface area contributed by atoms with E-state index in [4.69, 9.17) is 4.42 Å². The first-order valence-electron chi connectivity index (χ1n) is 10.9. The lowest BCUT2D eigenvalue weighted by Crippen LogP contribution is -2.45. The monoisotopic (exact) mass is 460 g/mol. The summed E-state index contributed by atoms with van der Waals surface area (Å²) in [4.78, 5) is 15.2. The summed E-state index contributed by atoms with van der Waals surface area (Å²) >= 11 is 1.40. The van der Waals surface area contributed by atoms with Crippen LogP contribution in [-0.2, 0) is 17.9 Å². The number of furan rings is 1. The minimum atomic E-state index is -0.301. The molecule has 4 rings (SSSR count). The van der Waals surface area contributed by atoms with Crippen molar-refractivity contribution in [1.29, 1.82) is 0 Å². The highest BCUT2D eigenvalue weighted by Gasteiger charge is 2.27. The molecule has 0 saturated carbocycles. The van der Waals surface area contributed by atoms with E-state index in [9.17, 15) is 4.79 Å². The van der Waals surface area contributed by atoms with Crippen molar-refractivity contribution in [2.45, 2.75) is 44.6 Å². The zero-order valence-corrected chi connectivity index (χ0v) is 20.0. The molecule has 1 amide bonds. The number of aromatic nitrogens is 3. The first kappa shape index (κ1) is 22.9. The average Bonchev–Trinajstić information content (AvgIpc) is 3.47. The Labute approximate surface area is 198 Å². The van der Waals surface area contributed by atoms with Crippen molar-refractivity contribution in [3.8, 4) is 11.6 Å². The minimum Gasteiger partial charge on any atom is -0.461 e. The van der Waals surface area contributed by atoms with Gasteiger partial charge < -0.3 is 9.32 Å². The zero-order chi connectivity index (χ0) is 23.3. The molecule has 2 aromatic heterocycles. The van der Waals surface area contributed by atoms with Gasteiger partial charge in [-0.05, 0) is 44.0 Å². The van der Waals surface area contributed by atoms with Gasteiger partial charge in [0.2, 0.25) is 11.7 Å². The van der Waals surface area contributed by atoms with E-state index < -0.39 is 0 Å². The zero-order valence-electron chi connectivity index (χ0n) is 19.1. The summed E-state index contributed by atoms with van der Waals surface area (Å²) in [7, 11) is 0. The smallest absolute Gasteiger partial charge is 0.233 e. The molecule has 0 aliphatic heterocycles. The molecular formula is C26H28N4O2S. The highest BCUT2D eigenvalue weighted by Crippen LogP contribution is 2.27. The molecule has 0 saturated heterocycles. The van der Waals surface area contributed by atoms with Crippen LogP contribution in [0.2, 0.25) is 0 Å². The summed E-state index contributed by atoms with van der Waals surface area (Å²) in [5.41, 5.74) is 1.93. The number of carbonyl (C=O) groups excluding carboxylic acids is 1. The molecule has 0 fully saturated rings. The van der Waals surface area contributed by atoms with E-state index in [0.29, 0.717) is 29.8 Å². The molecule has 0 spiro atoms. The van der Waals surface area contributed by atoms with Gasteiger partial charge in [-0.3, -0.25) is 9.36 Å². The molecule has 0 unspecified atom stereocenters. The van der Waals surface area contributed by atoms with Crippen molar-refractivity contribution in [2.75, 3.05) is 5.75 Å². The van der Waals surface area contributed by atoms with Crippen molar-refractivity contribution < 1.29 is 9.21 Å². The number of nitrogens with zero attached hydrogens (tertiary/aromatic N) is 4. The van der Waals surface area contributed by atoms with Crippen molar-refractivity contribution in [2.24, 2.45) is 0 Å². The van der Waals surface area contributed by atoms with Crippen molar-refractivity contribution >= 4 is 17.7 Å². The number of thioether (sulfide) groups is 1. The Morgan fingerprint density at radius 2 is 1.61 bits per heavy atom. The molecule has 7 heteroatoms. The molecule has 2 aromatic carbocycles. The number of hydrogen-bond acceptors (Lipinski definition) is 5. The third-order valence-corrected chi connectivity index (χ3v) is 6.21. The third-order valence-electron chi connectivity index (χ3n) is 5.26. The lowest BCUT2D eigenvalue weighted by atomic mass is 10.0. The number of hydrogen-bond donors (Lipinski definition) is 0. The summed E-state index contributed by atoms with van der Waals surface area (Å²) in [5.74, 6) is 1.63. The lowest BCUT2D eigenvalue weighted by molar-refractivity contribution is -0.133. The summed E-state index contributed by atoms with van der Waals surface area (Å²) in [6, 6.07) is 23.9. The molecule has 6 nitrogen and oxygen atoms in total. The summed E-state index contributed by atoms with van der Waals surface area (Å²) in [5, 5.41) is 9.45. The van der Waals surface area contributed by atoms with Crippen molar-refractivity contribution in [1.82, 2.24) is 19.7 Å². The van der Waals surface area contributed by atoms with Gasteiger partial charge in [0.05, 0.1) is 18.6 Å². The van der Waals surface area contributed by atoms with E-state index in [1.54, 1.807) is 6.26 Å². The van der Waals surface area contributed by atoms with Crippen LogP contribution in [0.15, 0.2) is 88.6 Å². The predicted molar refractivity (Wildman–Crippen MR) is 131 cm³/mol. The Morgan fingerprint density at radius 3 is 2.21 bits per heavy atom. The van der Waals surface area contributed by atoms with Crippen molar-refractivity contribution in [3.05, 3.63) is 90.2 Å². The molecule has 2 heterocycles. The maximum atomic E-state index is 13.3. The molecular weight excluding hydrogens is 432 g/mol. The maximum absolute atomic E-state index is 13.3.